The molecule has 0 aliphatic carbocycles. The van der Waals surface area contributed by atoms with Crippen molar-refractivity contribution >= 4 is 28.3 Å². The van der Waals surface area contributed by atoms with E-state index in [4.69, 9.17) is 0 Å². The predicted octanol–water partition coefficient (Wildman–Crippen LogP) is 3.04. The standard InChI is InChI=1S/C12H12N4S/c1-7-3-5-9(17-7)12-14-8-4-6-10(13-2)15-11(8)16-12/h3-6H,1-2H3,(H2,13,14,15,16). The second-order valence-corrected chi connectivity index (χ2v) is 5.10. The molecular weight excluding hydrogens is 232 g/mol. The summed E-state index contributed by atoms with van der Waals surface area (Å²) in [5.74, 6) is 1.72. The Morgan fingerprint density at radius 2 is 2.06 bits per heavy atom. The van der Waals surface area contributed by atoms with Gasteiger partial charge in [0.2, 0.25) is 0 Å². The van der Waals surface area contributed by atoms with Crippen LogP contribution in [0.2, 0.25) is 0 Å². The molecule has 0 aliphatic rings. The first-order valence-electron chi connectivity index (χ1n) is 5.37. The van der Waals surface area contributed by atoms with Gasteiger partial charge in [0.25, 0.3) is 0 Å². The number of fused-ring (bicyclic) bond motifs is 1. The first kappa shape index (κ1) is 10.3. The lowest BCUT2D eigenvalue weighted by Gasteiger charge is -1.95. The summed E-state index contributed by atoms with van der Waals surface area (Å²) in [6, 6.07) is 8.10. The first-order valence-corrected chi connectivity index (χ1v) is 6.19. The third kappa shape index (κ3) is 1.78. The van der Waals surface area contributed by atoms with Gasteiger partial charge in [-0.2, -0.15) is 0 Å². The molecule has 3 heterocycles. The van der Waals surface area contributed by atoms with Gasteiger partial charge < -0.3 is 10.3 Å². The van der Waals surface area contributed by atoms with Crippen LogP contribution in [0.15, 0.2) is 24.3 Å². The highest BCUT2D eigenvalue weighted by Crippen LogP contribution is 2.27. The topological polar surface area (TPSA) is 53.6 Å². The monoisotopic (exact) mass is 244 g/mol. The van der Waals surface area contributed by atoms with Crippen molar-refractivity contribution in [1.82, 2.24) is 15.0 Å². The number of pyridine rings is 1. The van der Waals surface area contributed by atoms with Crippen LogP contribution in [0.5, 0.6) is 0 Å². The molecular formula is C12H12N4S. The molecule has 2 N–H and O–H groups in total. The minimum Gasteiger partial charge on any atom is -0.373 e. The molecule has 0 amide bonds. The first-order chi connectivity index (χ1) is 8.26. The number of aryl methyl sites for hydroxylation is 1. The van der Waals surface area contributed by atoms with Crippen molar-refractivity contribution in [2.45, 2.75) is 6.92 Å². The highest BCUT2D eigenvalue weighted by Gasteiger charge is 2.08. The molecule has 4 nitrogen and oxygen atoms in total. The van der Waals surface area contributed by atoms with Crippen LogP contribution in [0.1, 0.15) is 4.88 Å². The summed E-state index contributed by atoms with van der Waals surface area (Å²) < 4.78 is 0. The minimum absolute atomic E-state index is 0.748. The van der Waals surface area contributed by atoms with Crippen LogP contribution in [0.4, 0.5) is 5.82 Å². The fraction of sp³-hybridized carbons (Fsp3) is 0.167. The number of rotatable bonds is 2. The molecule has 0 aliphatic heterocycles. The maximum Gasteiger partial charge on any atom is 0.180 e. The molecule has 0 atom stereocenters. The van der Waals surface area contributed by atoms with E-state index in [2.05, 4.69) is 39.3 Å². The zero-order valence-electron chi connectivity index (χ0n) is 9.61. The third-order valence-corrected chi connectivity index (χ3v) is 3.58. The normalized spacial score (nSPS) is 10.9. The van der Waals surface area contributed by atoms with Crippen LogP contribution in [0.3, 0.4) is 0 Å². The van der Waals surface area contributed by atoms with Gasteiger partial charge in [-0.3, -0.25) is 0 Å². The quantitative estimate of drug-likeness (QED) is 0.728. The number of aromatic nitrogens is 3. The molecule has 0 spiro atoms. The molecule has 5 heteroatoms. The Labute approximate surface area is 103 Å². The van der Waals surface area contributed by atoms with Gasteiger partial charge in [0, 0.05) is 11.9 Å². The lowest BCUT2D eigenvalue weighted by atomic mass is 10.4. The van der Waals surface area contributed by atoms with E-state index in [-0.39, 0.29) is 0 Å². The second-order valence-electron chi connectivity index (χ2n) is 3.81. The number of nitrogens with one attached hydrogen (secondary N) is 2. The van der Waals surface area contributed by atoms with Crippen LogP contribution in [-0.2, 0) is 0 Å². The van der Waals surface area contributed by atoms with E-state index in [1.165, 1.54) is 4.88 Å². The Kier molecular flexibility index (Phi) is 2.33. The number of imidazole rings is 1. The molecule has 0 saturated heterocycles. The molecule has 3 aromatic heterocycles. The molecule has 86 valence electrons. The molecule has 0 radical (unpaired) electrons. The molecule has 0 saturated carbocycles. The lowest BCUT2D eigenvalue weighted by Crippen LogP contribution is -1.91. The van der Waals surface area contributed by atoms with Gasteiger partial charge in [-0.05, 0) is 31.2 Å². The van der Waals surface area contributed by atoms with E-state index in [1.54, 1.807) is 11.3 Å². The molecule has 3 aromatic rings. The Bertz CT molecular complexity index is 668. The van der Waals surface area contributed by atoms with Crippen molar-refractivity contribution in [2.24, 2.45) is 0 Å². The van der Waals surface area contributed by atoms with Crippen molar-refractivity contribution in [3.8, 4) is 10.7 Å². The zero-order chi connectivity index (χ0) is 11.8. The van der Waals surface area contributed by atoms with Crippen LogP contribution < -0.4 is 5.32 Å². The van der Waals surface area contributed by atoms with Crippen LogP contribution in [-0.4, -0.2) is 22.0 Å². The van der Waals surface area contributed by atoms with Gasteiger partial charge in [0.15, 0.2) is 11.5 Å². The van der Waals surface area contributed by atoms with E-state index in [1.807, 2.05) is 19.2 Å². The number of thiophene rings is 1. The van der Waals surface area contributed by atoms with Gasteiger partial charge in [-0.15, -0.1) is 11.3 Å². The van der Waals surface area contributed by atoms with E-state index in [0.717, 1.165) is 27.7 Å². The SMILES string of the molecule is CNc1ccc2[nH]c(-c3ccc(C)s3)nc2n1. The summed E-state index contributed by atoms with van der Waals surface area (Å²) >= 11 is 1.73. The van der Waals surface area contributed by atoms with Crippen LogP contribution in [0, 0.1) is 6.92 Å². The Morgan fingerprint density at radius 3 is 2.76 bits per heavy atom. The molecule has 0 bridgehead atoms. The smallest absolute Gasteiger partial charge is 0.180 e. The van der Waals surface area contributed by atoms with Gasteiger partial charge >= 0.3 is 0 Å². The molecule has 0 aromatic carbocycles. The van der Waals surface area contributed by atoms with E-state index in [9.17, 15) is 0 Å². The summed E-state index contributed by atoms with van der Waals surface area (Å²) in [6.07, 6.45) is 0. The number of hydrogen-bond acceptors (Lipinski definition) is 4. The van der Waals surface area contributed by atoms with Crippen molar-refractivity contribution < 1.29 is 0 Å². The summed E-state index contributed by atoms with van der Waals surface area (Å²) in [7, 11) is 1.85. The van der Waals surface area contributed by atoms with Crippen LogP contribution in [0.25, 0.3) is 21.9 Å². The molecule has 0 fully saturated rings. The number of aromatic amines is 1. The number of H-pyrrole nitrogens is 1. The maximum atomic E-state index is 4.51. The van der Waals surface area contributed by atoms with Gasteiger partial charge in [0.1, 0.15) is 5.82 Å². The van der Waals surface area contributed by atoms with Crippen LogP contribution >= 0.6 is 11.3 Å². The maximum absolute atomic E-state index is 4.51. The fourth-order valence-corrected chi connectivity index (χ4v) is 2.52. The van der Waals surface area contributed by atoms with Crippen molar-refractivity contribution in [3.63, 3.8) is 0 Å². The zero-order valence-corrected chi connectivity index (χ0v) is 10.4. The Morgan fingerprint density at radius 1 is 1.18 bits per heavy atom. The summed E-state index contributed by atoms with van der Waals surface area (Å²) in [5.41, 5.74) is 1.71. The lowest BCUT2D eigenvalue weighted by molar-refractivity contribution is 1.29. The van der Waals surface area contributed by atoms with E-state index < -0.39 is 0 Å². The van der Waals surface area contributed by atoms with Gasteiger partial charge in [-0.25, -0.2) is 9.97 Å². The molecule has 0 unspecified atom stereocenters. The highest BCUT2D eigenvalue weighted by molar-refractivity contribution is 7.15. The predicted molar refractivity (Wildman–Crippen MR) is 71.5 cm³/mol. The van der Waals surface area contributed by atoms with Crippen molar-refractivity contribution in [2.75, 3.05) is 12.4 Å². The third-order valence-electron chi connectivity index (χ3n) is 2.58. The van der Waals surface area contributed by atoms with E-state index >= 15 is 0 Å². The fourth-order valence-electron chi connectivity index (χ4n) is 1.71. The number of hydrogen-bond donors (Lipinski definition) is 2. The summed E-state index contributed by atoms with van der Waals surface area (Å²) in [4.78, 5) is 14.6. The number of nitrogens with zero attached hydrogens (tertiary/aromatic N) is 2. The summed E-state index contributed by atoms with van der Waals surface area (Å²) in [6.45, 7) is 2.09. The molecule has 17 heavy (non-hydrogen) atoms. The van der Waals surface area contributed by atoms with Crippen molar-refractivity contribution in [1.29, 1.82) is 0 Å². The Balaban J connectivity index is 2.13. The van der Waals surface area contributed by atoms with Gasteiger partial charge in [-0.1, -0.05) is 0 Å². The largest absolute Gasteiger partial charge is 0.373 e. The number of anilines is 1. The van der Waals surface area contributed by atoms with Crippen molar-refractivity contribution in [3.05, 3.63) is 29.1 Å². The average molecular weight is 244 g/mol. The second kappa shape index (κ2) is 3.85. The minimum atomic E-state index is 0.748. The van der Waals surface area contributed by atoms with Gasteiger partial charge in [0.05, 0.1) is 10.4 Å². The summed E-state index contributed by atoms with van der Waals surface area (Å²) in [5, 5.41) is 3.01. The highest BCUT2D eigenvalue weighted by atomic mass is 32.1. The Hall–Kier alpha value is -1.88. The molecule has 3 rings (SSSR count). The average Bonchev–Trinajstić information content (AvgIpc) is 2.93. The van der Waals surface area contributed by atoms with E-state index in [0.29, 0.717) is 0 Å².